The van der Waals surface area contributed by atoms with Gasteiger partial charge in [0, 0.05) is 12.6 Å². The molecule has 1 aromatic rings. The zero-order valence-corrected chi connectivity index (χ0v) is 12.1. The van der Waals surface area contributed by atoms with E-state index in [1.54, 1.807) is 12.1 Å². The second-order valence-electron chi connectivity index (χ2n) is 5.49. The molecule has 0 amide bonds. The number of carbonyl (C=O) groups is 1. The fourth-order valence-corrected chi connectivity index (χ4v) is 2.80. The lowest BCUT2D eigenvalue weighted by Crippen LogP contribution is -2.45. The SMILES string of the molecule is C[C@@H]1[C@H](C(=O)O)CCCN1Cc1ccc(OC(F)(F)F)cc1. The first-order valence-corrected chi connectivity index (χ1v) is 7.08. The zero-order valence-electron chi connectivity index (χ0n) is 12.1. The first-order valence-electron chi connectivity index (χ1n) is 7.08. The molecule has 0 radical (unpaired) electrons. The molecule has 2 rings (SSSR count). The highest BCUT2D eigenvalue weighted by atomic mass is 19.4. The molecule has 0 unspecified atom stereocenters. The second kappa shape index (κ2) is 6.56. The normalized spacial score (nSPS) is 23.3. The van der Waals surface area contributed by atoms with Crippen molar-refractivity contribution in [1.29, 1.82) is 0 Å². The minimum atomic E-state index is -4.70. The first-order chi connectivity index (χ1) is 10.3. The van der Waals surface area contributed by atoms with Crippen molar-refractivity contribution in [3.63, 3.8) is 0 Å². The van der Waals surface area contributed by atoms with Gasteiger partial charge in [-0.05, 0) is 44.0 Å². The van der Waals surface area contributed by atoms with Crippen LogP contribution in [0.1, 0.15) is 25.3 Å². The maximum Gasteiger partial charge on any atom is 0.573 e. The van der Waals surface area contributed by atoms with Gasteiger partial charge in [-0.2, -0.15) is 0 Å². The zero-order chi connectivity index (χ0) is 16.3. The highest BCUT2D eigenvalue weighted by Crippen LogP contribution is 2.27. The number of rotatable bonds is 4. The van der Waals surface area contributed by atoms with Crippen LogP contribution in [0.4, 0.5) is 13.2 Å². The van der Waals surface area contributed by atoms with Crippen LogP contribution < -0.4 is 4.74 Å². The predicted molar refractivity (Wildman–Crippen MR) is 73.4 cm³/mol. The van der Waals surface area contributed by atoms with Gasteiger partial charge in [-0.3, -0.25) is 9.69 Å². The van der Waals surface area contributed by atoms with E-state index < -0.39 is 18.2 Å². The lowest BCUT2D eigenvalue weighted by atomic mass is 9.90. The summed E-state index contributed by atoms with van der Waals surface area (Å²) in [5.74, 6) is -1.46. The maximum atomic E-state index is 12.1. The van der Waals surface area contributed by atoms with Crippen molar-refractivity contribution in [2.24, 2.45) is 5.92 Å². The van der Waals surface area contributed by atoms with Gasteiger partial charge in [-0.25, -0.2) is 0 Å². The number of carboxylic acid groups (broad SMARTS) is 1. The quantitative estimate of drug-likeness (QED) is 0.926. The smallest absolute Gasteiger partial charge is 0.481 e. The number of aliphatic carboxylic acids is 1. The summed E-state index contributed by atoms with van der Waals surface area (Å²) in [7, 11) is 0. The Morgan fingerprint density at radius 2 is 2.00 bits per heavy atom. The minimum Gasteiger partial charge on any atom is -0.481 e. The number of hydrogen-bond acceptors (Lipinski definition) is 3. The van der Waals surface area contributed by atoms with Crippen molar-refractivity contribution in [3.8, 4) is 5.75 Å². The van der Waals surface area contributed by atoms with Gasteiger partial charge < -0.3 is 9.84 Å². The third kappa shape index (κ3) is 4.37. The lowest BCUT2D eigenvalue weighted by molar-refractivity contribution is -0.274. The van der Waals surface area contributed by atoms with Crippen LogP contribution in [0.5, 0.6) is 5.75 Å². The summed E-state index contributed by atoms with van der Waals surface area (Å²) < 4.78 is 40.1. The minimum absolute atomic E-state index is 0.0997. The molecule has 0 bridgehead atoms. The van der Waals surface area contributed by atoms with E-state index in [1.807, 2.05) is 11.8 Å². The lowest BCUT2D eigenvalue weighted by Gasteiger charge is -2.37. The molecule has 22 heavy (non-hydrogen) atoms. The average molecular weight is 317 g/mol. The maximum absolute atomic E-state index is 12.1. The van der Waals surface area contributed by atoms with Crippen molar-refractivity contribution < 1.29 is 27.8 Å². The number of piperidine rings is 1. The summed E-state index contributed by atoms with van der Waals surface area (Å²) in [4.78, 5) is 13.2. The van der Waals surface area contributed by atoms with E-state index in [0.29, 0.717) is 13.0 Å². The van der Waals surface area contributed by atoms with Gasteiger partial charge in [0.2, 0.25) is 0 Å². The van der Waals surface area contributed by atoms with E-state index in [-0.39, 0.29) is 11.8 Å². The van der Waals surface area contributed by atoms with E-state index in [0.717, 1.165) is 18.5 Å². The van der Waals surface area contributed by atoms with Crippen LogP contribution in [0.25, 0.3) is 0 Å². The van der Waals surface area contributed by atoms with Gasteiger partial charge in [-0.15, -0.1) is 13.2 Å². The van der Waals surface area contributed by atoms with Crippen LogP contribution in [-0.2, 0) is 11.3 Å². The summed E-state index contributed by atoms with van der Waals surface area (Å²) in [6.45, 7) is 3.17. The number of carboxylic acids is 1. The van der Waals surface area contributed by atoms with Crippen molar-refractivity contribution in [2.75, 3.05) is 6.54 Å². The van der Waals surface area contributed by atoms with E-state index in [1.165, 1.54) is 12.1 Å². The number of alkyl halides is 3. The summed E-state index contributed by atoms with van der Waals surface area (Å²) >= 11 is 0. The fourth-order valence-electron chi connectivity index (χ4n) is 2.80. The number of ether oxygens (including phenoxy) is 1. The Bertz CT molecular complexity index is 516. The third-order valence-corrected chi connectivity index (χ3v) is 3.98. The van der Waals surface area contributed by atoms with Crippen molar-refractivity contribution in [3.05, 3.63) is 29.8 Å². The van der Waals surface area contributed by atoms with E-state index in [9.17, 15) is 23.1 Å². The Hall–Kier alpha value is -1.76. The molecule has 1 aliphatic rings. The predicted octanol–water partition coefficient (Wildman–Crippen LogP) is 3.27. The first kappa shape index (κ1) is 16.6. The average Bonchev–Trinajstić information content (AvgIpc) is 2.41. The van der Waals surface area contributed by atoms with E-state index >= 15 is 0 Å². The third-order valence-electron chi connectivity index (χ3n) is 3.98. The molecule has 1 saturated heterocycles. The van der Waals surface area contributed by atoms with Gasteiger partial charge in [0.1, 0.15) is 5.75 Å². The number of hydrogen-bond donors (Lipinski definition) is 1. The summed E-state index contributed by atoms with van der Waals surface area (Å²) in [6, 6.07) is 5.58. The summed E-state index contributed by atoms with van der Waals surface area (Å²) in [6.07, 6.45) is -3.24. The van der Waals surface area contributed by atoms with Gasteiger partial charge >= 0.3 is 12.3 Å². The Labute approximate surface area is 126 Å². The topological polar surface area (TPSA) is 49.8 Å². The van der Waals surface area contributed by atoms with Crippen molar-refractivity contribution in [1.82, 2.24) is 4.90 Å². The van der Waals surface area contributed by atoms with Crippen LogP contribution in [0.15, 0.2) is 24.3 Å². The summed E-state index contributed by atoms with van der Waals surface area (Å²) in [5, 5.41) is 9.19. The number of halogens is 3. The van der Waals surface area contributed by atoms with Gasteiger partial charge in [0.15, 0.2) is 0 Å². The monoisotopic (exact) mass is 317 g/mol. The largest absolute Gasteiger partial charge is 0.573 e. The van der Waals surface area contributed by atoms with Crippen LogP contribution in [0.3, 0.4) is 0 Å². The van der Waals surface area contributed by atoms with Crippen LogP contribution in [-0.4, -0.2) is 34.9 Å². The molecule has 7 heteroatoms. The molecule has 0 saturated carbocycles. The highest BCUT2D eigenvalue weighted by molar-refractivity contribution is 5.70. The van der Waals surface area contributed by atoms with Gasteiger partial charge in [-0.1, -0.05) is 12.1 Å². The van der Waals surface area contributed by atoms with Crippen LogP contribution in [0.2, 0.25) is 0 Å². The van der Waals surface area contributed by atoms with Gasteiger partial charge in [0.05, 0.1) is 5.92 Å². The Morgan fingerprint density at radius 1 is 1.36 bits per heavy atom. The molecule has 4 nitrogen and oxygen atoms in total. The van der Waals surface area contributed by atoms with E-state index in [4.69, 9.17) is 0 Å². The molecule has 0 aromatic heterocycles. The number of nitrogens with zero attached hydrogens (tertiary/aromatic N) is 1. The Morgan fingerprint density at radius 3 is 2.55 bits per heavy atom. The van der Waals surface area contributed by atoms with Crippen LogP contribution >= 0.6 is 0 Å². The molecule has 122 valence electrons. The number of benzene rings is 1. The summed E-state index contributed by atoms with van der Waals surface area (Å²) in [5.41, 5.74) is 0.826. The second-order valence-corrected chi connectivity index (χ2v) is 5.49. The van der Waals surface area contributed by atoms with Gasteiger partial charge in [0.25, 0.3) is 0 Å². The van der Waals surface area contributed by atoms with E-state index in [2.05, 4.69) is 4.74 Å². The molecule has 0 spiro atoms. The fraction of sp³-hybridized carbons (Fsp3) is 0.533. The molecule has 2 atom stereocenters. The van der Waals surface area contributed by atoms with Crippen molar-refractivity contribution >= 4 is 5.97 Å². The number of likely N-dealkylation sites (tertiary alicyclic amines) is 1. The Kier molecular flexibility index (Phi) is 4.95. The van der Waals surface area contributed by atoms with Crippen LogP contribution in [0, 0.1) is 5.92 Å². The highest BCUT2D eigenvalue weighted by Gasteiger charge is 2.33. The molecule has 0 aliphatic carbocycles. The molecule has 1 heterocycles. The van der Waals surface area contributed by atoms with Crippen molar-refractivity contribution in [2.45, 2.75) is 38.7 Å². The molecular formula is C15H18F3NO3. The Balaban J connectivity index is 2.00. The molecular weight excluding hydrogens is 299 g/mol. The molecule has 1 N–H and O–H groups in total. The molecule has 1 aromatic carbocycles. The molecule has 1 aliphatic heterocycles. The molecule has 1 fully saturated rings. The standard InChI is InChI=1S/C15H18F3NO3/c1-10-13(14(20)21)3-2-8-19(10)9-11-4-6-12(7-5-11)22-15(16,17)18/h4-7,10,13H,2-3,8-9H2,1H3,(H,20,21)/t10-,13-/m1/s1.